The zero-order valence-corrected chi connectivity index (χ0v) is 31.9. The van der Waals surface area contributed by atoms with E-state index in [0.29, 0.717) is 44.9 Å². The number of methoxy groups -OCH3 is 1. The molecule has 0 heterocycles. The first-order valence-corrected chi connectivity index (χ1v) is 19.4. The fourth-order valence-electron chi connectivity index (χ4n) is 11.7. The number of hydrogen-bond donors (Lipinski definition) is 2. The van der Waals surface area contributed by atoms with Crippen molar-refractivity contribution in [3.05, 3.63) is 70.1 Å². The number of carbonyl (C=O) groups excluding carboxylic acids is 3. The van der Waals surface area contributed by atoms with E-state index >= 15 is 0 Å². The number of hydrogen-bond acceptors (Lipinski definition) is 5. The van der Waals surface area contributed by atoms with Gasteiger partial charge in [-0.05, 0) is 152 Å². The fraction of sp³-hybridized carbons (Fsp3) is 0.634. The van der Waals surface area contributed by atoms with Crippen molar-refractivity contribution >= 4 is 29.2 Å². The van der Waals surface area contributed by atoms with Crippen LogP contribution in [-0.2, 0) is 31.5 Å². The molecule has 2 amide bonds. The summed E-state index contributed by atoms with van der Waals surface area (Å²) >= 11 is 0. The van der Waals surface area contributed by atoms with Crippen molar-refractivity contribution in [3.63, 3.8) is 0 Å². The third kappa shape index (κ3) is 7.84. The molecule has 6 rings (SSSR count). The molecule has 56 heavy (non-hydrogen) atoms. The fourth-order valence-corrected chi connectivity index (χ4v) is 11.7. The van der Waals surface area contributed by atoms with Gasteiger partial charge in [0, 0.05) is 40.6 Å². The van der Waals surface area contributed by atoms with Gasteiger partial charge in [0.05, 0.1) is 18.2 Å². The van der Waals surface area contributed by atoms with Gasteiger partial charge in [0.25, 0.3) is 0 Å². The second-order valence-corrected chi connectivity index (χ2v) is 17.0. The van der Waals surface area contributed by atoms with E-state index in [-0.39, 0.29) is 82.5 Å². The maximum Gasteiger partial charge on any atom is 0.416 e. The Labute approximate surface area is 322 Å². The van der Waals surface area contributed by atoms with E-state index in [2.05, 4.69) is 41.4 Å². The van der Waals surface area contributed by atoms with Crippen LogP contribution in [0.2, 0.25) is 0 Å². The predicted molar refractivity (Wildman–Crippen MR) is 196 cm³/mol. The molecule has 15 heteroatoms. The molecule has 2 aromatic rings. The van der Waals surface area contributed by atoms with Gasteiger partial charge in [0.15, 0.2) is 0 Å². The lowest BCUT2D eigenvalue weighted by Gasteiger charge is -2.64. The summed E-state index contributed by atoms with van der Waals surface area (Å²) in [7, 11) is 1.33. The minimum Gasteiger partial charge on any atom is -0.469 e. The summed E-state index contributed by atoms with van der Waals surface area (Å²) in [4.78, 5) is 44.5. The number of carbonyl (C=O) groups is 3. The number of nitrogens with zero attached hydrogens (tertiary/aromatic N) is 3. The number of fused-ring (bicyclic) bond motifs is 5. The molecule has 0 radical (unpaired) electrons. The highest BCUT2D eigenvalue weighted by Crippen LogP contribution is 2.71. The average Bonchev–Trinajstić information content (AvgIpc) is 3.50. The molecule has 2 N–H and O–H groups in total. The molecule has 4 fully saturated rings. The summed E-state index contributed by atoms with van der Waals surface area (Å²) in [6, 6.07) is 8.41. The highest BCUT2D eigenvalue weighted by atomic mass is 19.4. The molecule has 0 aliphatic heterocycles. The van der Waals surface area contributed by atoms with Crippen LogP contribution < -0.4 is 10.6 Å². The van der Waals surface area contributed by atoms with E-state index in [4.69, 9.17) is 4.74 Å². The van der Waals surface area contributed by atoms with Crippen molar-refractivity contribution < 1.29 is 45.5 Å². The Morgan fingerprint density at radius 3 is 1.96 bits per heavy atom. The largest absolute Gasteiger partial charge is 0.469 e. The molecule has 11 atom stereocenters. The monoisotopic (exact) mass is 789 g/mol. The summed E-state index contributed by atoms with van der Waals surface area (Å²) in [6.45, 7) is 6.35. The van der Waals surface area contributed by atoms with E-state index in [1.54, 1.807) is 0 Å². The Hall–Kier alpha value is -4.26. The van der Waals surface area contributed by atoms with Gasteiger partial charge < -0.3 is 15.4 Å². The van der Waals surface area contributed by atoms with Gasteiger partial charge in [-0.15, -0.1) is 0 Å². The smallest absolute Gasteiger partial charge is 0.416 e. The summed E-state index contributed by atoms with van der Waals surface area (Å²) in [6.07, 6.45) is -4.21. The molecule has 0 unspecified atom stereocenters. The number of ether oxygens (including phenoxy) is 1. The Bertz CT molecular complexity index is 1830. The molecule has 0 bridgehead atoms. The van der Waals surface area contributed by atoms with Crippen molar-refractivity contribution in [3.8, 4) is 0 Å². The SMILES string of the molecule is COC(=O)CC[C@@H](C)[C@H]1CC[C@H]2[C@@H]3[C@H](C(=O)Nc4ccc(C(F)(F)F)cc4)C[C@@H]4C[C@H](N=[N+]=[N-])CC[C@]4(C)[C@H]3C[C@H](C(=O)Nc3ccc(C(F)(F)F)cc3)[C@]12C. The predicted octanol–water partition coefficient (Wildman–Crippen LogP) is 10.7. The third-order valence-electron chi connectivity index (χ3n) is 14.5. The van der Waals surface area contributed by atoms with Crippen LogP contribution in [0.25, 0.3) is 10.4 Å². The van der Waals surface area contributed by atoms with Crippen molar-refractivity contribution in [2.24, 2.45) is 63.3 Å². The highest BCUT2D eigenvalue weighted by molar-refractivity contribution is 5.94. The maximum absolute atomic E-state index is 14.7. The van der Waals surface area contributed by atoms with E-state index < -0.39 is 40.7 Å². The minimum atomic E-state index is -4.54. The normalized spacial score (nSPS) is 33.1. The zero-order chi connectivity index (χ0) is 40.8. The van der Waals surface area contributed by atoms with Gasteiger partial charge in [-0.3, -0.25) is 14.4 Å². The van der Waals surface area contributed by atoms with E-state index in [9.17, 15) is 46.3 Å². The van der Waals surface area contributed by atoms with E-state index in [1.165, 1.54) is 31.4 Å². The molecule has 4 saturated carbocycles. The Balaban J connectivity index is 1.40. The van der Waals surface area contributed by atoms with Crippen LogP contribution in [0.3, 0.4) is 0 Å². The first-order chi connectivity index (χ1) is 26.3. The lowest BCUT2D eigenvalue weighted by molar-refractivity contribution is -0.175. The summed E-state index contributed by atoms with van der Waals surface area (Å²) < 4.78 is 85.1. The topological polar surface area (TPSA) is 133 Å². The molecular weight excluding hydrogens is 740 g/mol. The lowest BCUT2D eigenvalue weighted by atomic mass is 9.40. The van der Waals surface area contributed by atoms with Crippen LogP contribution in [0.4, 0.5) is 37.7 Å². The maximum atomic E-state index is 14.7. The number of nitrogens with one attached hydrogen (secondary N) is 2. The lowest BCUT2D eigenvalue weighted by Crippen LogP contribution is -2.62. The number of amides is 2. The molecule has 0 saturated heterocycles. The Morgan fingerprint density at radius 2 is 1.43 bits per heavy atom. The molecule has 4 aliphatic carbocycles. The first kappa shape index (κ1) is 41.4. The van der Waals surface area contributed by atoms with Crippen molar-refractivity contribution in [2.75, 3.05) is 17.7 Å². The second kappa shape index (κ2) is 15.6. The van der Waals surface area contributed by atoms with Crippen molar-refractivity contribution in [1.29, 1.82) is 0 Å². The van der Waals surface area contributed by atoms with Gasteiger partial charge >= 0.3 is 18.3 Å². The van der Waals surface area contributed by atoms with Gasteiger partial charge in [-0.2, -0.15) is 26.3 Å². The van der Waals surface area contributed by atoms with Crippen LogP contribution in [-0.4, -0.2) is 30.9 Å². The second-order valence-electron chi connectivity index (χ2n) is 17.0. The third-order valence-corrected chi connectivity index (χ3v) is 14.5. The van der Waals surface area contributed by atoms with Gasteiger partial charge in [0.2, 0.25) is 11.8 Å². The Morgan fingerprint density at radius 1 is 0.857 bits per heavy atom. The molecular formula is C41H49F6N5O4. The molecule has 9 nitrogen and oxygen atoms in total. The minimum absolute atomic E-state index is 0.0207. The number of benzene rings is 2. The number of alkyl halides is 6. The quantitative estimate of drug-likeness (QED) is 0.0860. The molecule has 304 valence electrons. The van der Waals surface area contributed by atoms with E-state index in [1.807, 2.05) is 0 Å². The van der Waals surface area contributed by atoms with Crippen LogP contribution in [0.5, 0.6) is 0 Å². The average molecular weight is 790 g/mol. The molecule has 2 aromatic carbocycles. The van der Waals surface area contributed by atoms with E-state index in [0.717, 1.165) is 30.7 Å². The first-order valence-electron chi connectivity index (χ1n) is 19.4. The number of esters is 1. The Kier molecular flexibility index (Phi) is 11.5. The number of anilines is 2. The van der Waals surface area contributed by atoms with Gasteiger partial charge in [0.1, 0.15) is 0 Å². The van der Waals surface area contributed by atoms with Gasteiger partial charge in [-0.1, -0.05) is 25.9 Å². The standard InChI is InChI=1S/C41H49F6N5O4/c1-22(5-16-34(53)56-4)30-14-15-31-35-29(36(54)49-26-10-6-23(7-11-26)40(42,43)44)20-25-19-28(51-52-48)17-18-38(25,2)32(35)21-33(39(30,31)3)37(55)50-27-12-8-24(9-13-27)41(45,46)47/h6-13,22,25,28-33,35H,5,14-21H2,1-4H3,(H,49,54)(H,50,55)/t22-,25+,28-,29-,30-,31+,32+,33-,35+,38+,39-/m1/s1. The van der Waals surface area contributed by atoms with Crippen LogP contribution in [0.1, 0.15) is 89.7 Å². The van der Waals surface area contributed by atoms with Crippen LogP contribution in [0.15, 0.2) is 53.6 Å². The van der Waals surface area contributed by atoms with Crippen LogP contribution in [0, 0.1) is 58.2 Å². The number of rotatable bonds is 9. The summed E-state index contributed by atoms with van der Waals surface area (Å²) in [5.74, 6) is -2.79. The van der Waals surface area contributed by atoms with Crippen molar-refractivity contribution in [1.82, 2.24) is 0 Å². The number of azide groups is 1. The highest BCUT2D eigenvalue weighted by Gasteiger charge is 2.67. The molecule has 0 aromatic heterocycles. The summed E-state index contributed by atoms with van der Waals surface area (Å²) in [5, 5.41) is 9.89. The van der Waals surface area contributed by atoms with Crippen LogP contribution >= 0.6 is 0 Å². The molecule has 4 aliphatic rings. The zero-order valence-electron chi connectivity index (χ0n) is 31.9. The van der Waals surface area contributed by atoms with Crippen molar-refractivity contribution in [2.45, 2.75) is 97.0 Å². The van der Waals surface area contributed by atoms with Gasteiger partial charge in [-0.25, -0.2) is 0 Å². The molecule has 0 spiro atoms. The summed E-state index contributed by atoms with van der Waals surface area (Å²) in [5.41, 5.74) is 7.05. The number of halogens is 6.